The van der Waals surface area contributed by atoms with E-state index in [2.05, 4.69) is 20.6 Å². The summed E-state index contributed by atoms with van der Waals surface area (Å²) in [6.07, 6.45) is 1.08. The molecule has 5 rings (SSSR count). The molecule has 0 saturated heterocycles. The predicted octanol–water partition coefficient (Wildman–Crippen LogP) is 6.62. The van der Waals surface area contributed by atoms with Gasteiger partial charge in [-0.15, -0.1) is 11.8 Å². The van der Waals surface area contributed by atoms with Gasteiger partial charge in [0.1, 0.15) is 17.1 Å². The molecule has 1 aliphatic heterocycles. The van der Waals surface area contributed by atoms with Gasteiger partial charge in [-0.05, 0) is 72.7 Å². The van der Waals surface area contributed by atoms with Crippen molar-refractivity contribution in [3.8, 4) is 5.75 Å². The average molecular weight is 682 g/mol. The number of amides is 1. The highest BCUT2D eigenvalue weighted by Gasteiger charge is 2.37. The SMILES string of the molecule is COc1cc(CP(=O)(O)O)ccc1Nc1ncc(C(F)(F)F)c(Nc2ccc(C3CCC(OCSC)CC3)c3c2C(=O)N(C)C3)n1. The van der Waals surface area contributed by atoms with Gasteiger partial charge in [0.05, 0.1) is 42.3 Å². The van der Waals surface area contributed by atoms with E-state index in [1.54, 1.807) is 29.8 Å². The summed E-state index contributed by atoms with van der Waals surface area (Å²) in [7, 11) is -1.34. The van der Waals surface area contributed by atoms with Gasteiger partial charge in [0.2, 0.25) is 5.95 Å². The molecule has 0 unspecified atom stereocenters. The number of carbonyl (C=O) groups excluding carboxylic acids is 1. The van der Waals surface area contributed by atoms with Crippen LogP contribution in [0.3, 0.4) is 0 Å². The molecule has 2 aliphatic rings. The highest BCUT2D eigenvalue weighted by molar-refractivity contribution is 7.98. The fourth-order valence-electron chi connectivity index (χ4n) is 5.94. The maximum atomic E-state index is 14.1. The average Bonchev–Trinajstić information content (AvgIpc) is 3.30. The molecule has 0 spiro atoms. The Morgan fingerprint density at radius 1 is 1.11 bits per heavy atom. The van der Waals surface area contributed by atoms with Gasteiger partial charge >= 0.3 is 13.8 Å². The maximum Gasteiger partial charge on any atom is 0.421 e. The number of anilines is 4. The summed E-state index contributed by atoms with van der Waals surface area (Å²) < 4.78 is 65.0. The van der Waals surface area contributed by atoms with Gasteiger partial charge in [-0.25, -0.2) is 4.98 Å². The minimum atomic E-state index is -4.80. The molecule has 1 saturated carbocycles. The number of halogens is 3. The number of aromatic nitrogens is 2. The molecule has 1 fully saturated rings. The Bertz CT molecular complexity index is 1650. The van der Waals surface area contributed by atoms with Crippen molar-refractivity contribution in [1.82, 2.24) is 14.9 Å². The van der Waals surface area contributed by atoms with Gasteiger partial charge in [0.15, 0.2) is 0 Å². The van der Waals surface area contributed by atoms with Gasteiger partial charge in [-0.3, -0.25) is 9.36 Å². The molecule has 0 radical (unpaired) electrons. The normalized spacial score (nSPS) is 18.4. The molecule has 1 aromatic heterocycles. The number of alkyl halides is 3. The Kier molecular flexibility index (Phi) is 10.2. The molecule has 16 heteroatoms. The maximum absolute atomic E-state index is 14.1. The number of hydrogen-bond donors (Lipinski definition) is 4. The van der Waals surface area contributed by atoms with E-state index in [1.165, 1.54) is 25.3 Å². The molecule has 248 valence electrons. The van der Waals surface area contributed by atoms with Crippen molar-refractivity contribution in [2.75, 3.05) is 37.0 Å². The van der Waals surface area contributed by atoms with Crippen molar-refractivity contribution in [2.24, 2.45) is 0 Å². The number of nitrogens with zero attached hydrogens (tertiary/aromatic N) is 3. The third-order valence-corrected chi connectivity index (χ3v) is 9.24. The van der Waals surface area contributed by atoms with Crippen molar-refractivity contribution < 1.29 is 41.8 Å². The Labute approximate surface area is 268 Å². The van der Waals surface area contributed by atoms with E-state index >= 15 is 0 Å². The fourth-order valence-corrected chi connectivity index (χ4v) is 6.94. The second-order valence-electron chi connectivity index (χ2n) is 11.3. The van der Waals surface area contributed by atoms with E-state index in [9.17, 15) is 32.3 Å². The van der Waals surface area contributed by atoms with Crippen LogP contribution < -0.4 is 15.4 Å². The van der Waals surface area contributed by atoms with Gasteiger partial charge in [0.25, 0.3) is 5.91 Å². The smallest absolute Gasteiger partial charge is 0.421 e. The zero-order chi connectivity index (χ0) is 33.2. The lowest BCUT2D eigenvalue weighted by Crippen LogP contribution is -2.21. The van der Waals surface area contributed by atoms with E-state index in [0.29, 0.717) is 29.8 Å². The molecule has 0 bridgehead atoms. The highest BCUT2D eigenvalue weighted by atomic mass is 32.2. The van der Waals surface area contributed by atoms with Crippen LogP contribution in [0.4, 0.5) is 36.3 Å². The topological polar surface area (TPSA) is 146 Å². The molecule has 11 nitrogen and oxygen atoms in total. The van der Waals surface area contributed by atoms with Gasteiger partial charge in [0, 0.05) is 19.8 Å². The van der Waals surface area contributed by atoms with Crippen LogP contribution >= 0.6 is 19.4 Å². The van der Waals surface area contributed by atoms with Crippen LogP contribution in [-0.4, -0.2) is 63.0 Å². The zero-order valence-electron chi connectivity index (χ0n) is 25.4. The summed E-state index contributed by atoms with van der Waals surface area (Å²) in [5.41, 5.74) is 1.80. The van der Waals surface area contributed by atoms with Gasteiger partial charge in [-0.2, -0.15) is 18.2 Å². The molecule has 2 heterocycles. The van der Waals surface area contributed by atoms with Crippen molar-refractivity contribution in [3.05, 3.63) is 64.3 Å². The molecule has 0 atom stereocenters. The third-order valence-electron chi connectivity index (χ3n) is 8.09. The lowest BCUT2D eigenvalue weighted by Gasteiger charge is -2.30. The Morgan fingerprint density at radius 2 is 1.83 bits per heavy atom. The number of ether oxygens (including phenoxy) is 2. The van der Waals surface area contributed by atoms with Crippen LogP contribution in [0.5, 0.6) is 5.75 Å². The summed E-state index contributed by atoms with van der Waals surface area (Å²) >= 11 is 1.63. The first-order valence-electron chi connectivity index (χ1n) is 14.5. The van der Waals surface area contributed by atoms with E-state index in [0.717, 1.165) is 36.8 Å². The molecule has 1 amide bonds. The summed E-state index contributed by atoms with van der Waals surface area (Å²) in [5, 5.41) is 5.60. The van der Waals surface area contributed by atoms with Crippen LogP contribution in [0.1, 0.15) is 64.2 Å². The van der Waals surface area contributed by atoms with E-state index in [4.69, 9.17) is 9.47 Å². The standard InChI is InChI=1S/C30H35F3N5O6PS/c1-38-14-21-20(18-5-7-19(8-6-18)44-16-46-3)9-11-24(26(21)28(38)39)35-27-22(30(31,32)33)13-34-29(37-27)36-23-10-4-17(12-25(23)43-2)15-45(40,41)42/h4,9-13,18-19H,5-8,14-16H2,1-3H3,(H2,40,41,42)(H2,34,35,36,37). The van der Waals surface area contributed by atoms with Crippen LogP contribution in [0, 0.1) is 0 Å². The lowest BCUT2D eigenvalue weighted by atomic mass is 9.80. The number of nitrogens with one attached hydrogen (secondary N) is 2. The molecule has 46 heavy (non-hydrogen) atoms. The molecule has 1 aliphatic carbocycles. The highest BCUT2D eigenvalue weighted by Crippen LogP contribution is 2.44. The van der Waals surface area contributed by atoms with Gasteiger partial charge in [-0.1, -0.05) is 12.1 Å². The van der Waals surface area contributed by atoms with Crippen molar-refractivity contribution in [1.29, 1.82) is 0 Å². The Morgan fingerprint density at radius 3 is 2.48 bits per heavy atom. The Hall–Kier alpha value is -3.36. The van der Waals surface area contributed by atoms with Gasteiger partial charge < -0.3 is 34.8 Å². The molecule has 2 aromatic carbocycles. The zero-order valence-corrected chi connectivity index (χ0v) is 27.1. The first-order valence-corrected chi connectivity index (χ1v) is 17.7. The molecular weight excluding hydrogens is 646 g/mol. The lowest BCUT2D eigenvalue weighted by molar-refractivity contribution is -0.137. The number of fused-ring (bicyclic) bond motifs is 1. The molecule has 4 N–H and O–H groups in total. The third kappa shape index (κ3) is 7.77. The number of methoxy groups -OCH3 is 1. The summed E-state index contributed by atoms with van der Waals surface area (Å²) in [6.45, 7) is 0.350. The largest absolute Gasteiger partial charge is 0.495 e. The summed E-state index contributed by atoms with van der Waals surface area (Å²) in [4.78, 5) is 41.4. The minimum Gasteiger partial charge on any atom is -0.495 e. The van der Waals surface area contributed by atoms with Crippen LogP contribution in [-0.2, 0) is 28.2 Å². The van der Waals surface area contributed by atoms with Crippen LogP contribution in [0.15, 0.2) is 36.5 Å². The van der Waals surface area contributed by atoms with E-state index in [-0.39, 0.29) is 41.0 Å². The summed E-state index contributed by atoms with van der Waals surface area (Å²) in [5.74, 6) is -0.0169. The minimum absolute atomic E-state index is 0.177. The number of thioether (sulfide) groups is 1. The number of carbonyl (C=O) groups is 1. The quantitative estimate of drug-likeness (QED) is 0.128. The van der Waals surface area contributed by atoms with E-state index in [1.807, 2.05) is 12.3 Å². The van der Waals surface area contributed by atoms with Crippen molar-refractivity contribution in [2.45, 2.75) is 56.6 Å². The number of rotatable bonds is 11. The number of hydrogen-bond acceptors (Lipinski definition) is 9. The monoisotopic (exact) mass is 681 g/mol. The van der Waals surface area contributed by atoms with E-state index < -0.39 is 31.3 Å². The van der Waals surface area contributed by atoms with Crippen LogP contribution in [0.2, 0.25) is 0 Å². The Balaban J connectivity index is 1.45. The first kappa shape index (κ1) is 34.0. The fraction of sp³-hybridized carbons (Fsp3) is 0.433. The first-order chi connectivity index (χ1) is 21.8. The molecular formula is C30H35F3N5O6PS. The molecule has 3 aromatic rings. The van der Waals surface area contributed by atoms with Crippen LogP contribution in [0.25, 0.3) is 0 Å². The summed E-state index contributed by atoms with van der Waals surface area (Å²) in [6, 6.07) is 7.84. The second-order valence-corrected chi connectivity index (χ2v) is 13.8. The second kappa shape index (κ2) is 13.8. The number of benzene rings is 2. The predicted molar refractivity (Wildman–Crippen MR) is 169 cm³/mol. The van der Waals surface area contributed by atoms with Crippen molar-refractivity contribution >= 4 is 48.4 Å². The van der Waals surface area contributed by atoms with Crippen molar-refractivity contribution in [3.63, 3.8) is 0 Å².